The Kier molecular flexibility index (Phi) is 4.64. The van der Waals surface area contributed by atoms with Gasteiger partial charge in [0.1, 0.15) is 23.4 Å². The summed E-state index contributed by atoms with van der Waals surface area (Å²) >= 11 is 0. The first-order chi connectivity index (χ1) is 14.2. The van der Waals surface area contributed by atoms with E-state index in [1.165, 1.54) is 18.7 Å². The van der Waals surface area contributed by atoms with Crippen LogP contribution in [-0.4, -0.2) is 27.9 Å². The number of nitrogens with one attached hydrogen (secondary N) is 3. The maximum absolute atomic E-state index is 13.4. The Morgan fingerprint density at radius 3 is 2.60 bits per heavy atom. The van der Waals surface area contributed by atoms with Gasteiger partial charge in [0, 0.05) is 11.3 Å². The molecule has 7 nitrogen and oxygen atoms in total. The molecule has 3 aromatic rings. The number of para-hydroxylation sites is 1. The van der Waals surface area contributed by atoms with E-state index in [2.05, 4.69) is 20.7 Å². The van der Waals surface area contributed by atoms with Crippen LogP contribution in [-0.2, 0) is 6.18 Å². The molecule has 0 saturated heterocycles. The minimum absolute atomic E-state index is 0.0895. The van der Waals surface area contributed by atoms with Gasteiger partial charge in [0.2, 0.25) is 5.62 Å². The van der Waals surface area contributed by atoms with E-state index < -0.39 is 11.9 Å². The number of aromatic nitrogens is 3. The predicted octanol–water partition coefficient (Wildman–Crippen LogP) is 3.74. The zero-order valence-corrected chi connectivity index (χ0v) is 16.4. The fourth-order valence-electron chi connectivity index (χ4n) is 3.50. The van der Waals surface area contributed by atoms with Gasteiger partial charge in [-0.05, 0) is 43.7 Å². The van der Waals surface area contributed by atoms with Gasteiger partial charge >= 0.3 is 6.18 Å². The topological polar surface area (TPSA) is 87.8 Å². The number of rotatable bonds is 3. The highest BCUT2D eigenvalue weighted by atomic mass is 19.4. The molecular weight excluding hydrogens is 397 g/mol. The molecule has 0 bridgehead atoms. The molecule has 0 amide bonds. The van der Waals surface area contributed by atoms with Crippen LogP contribution in [0.2, 0.25) is 0 Å². The van der Waals surface area contributed by atoms with Crippen molar-refractivity contribution in [3.63, 3.8) is 0 Å². The molecule has 1 unspecified atom stereocenters. The van der Waals surface area contributed by atoms with Crippen LogP contribution in [0.4, 0.5) is 19.0 Å². The highest BCUT2D eigenvalue weighted by Gasteiger charge is 2.34. The van der Waals surface area contributed by atoms with Crippen LogP contribution in [0.1, 0.15) is 18.3 Å². The molecule has 1 aromatic carbocycles. The average molecular weight is 416 g/mol. The Morgan fingerprint density at radius 2 is 1.90 bits per heavy atom. The van der Waals surface area contributed by atoms with Crippen molar-refractivity contribution in [3.05, 3.63) is 53.4 Å². The van der Waals surface area contributed by atoms with Crippen molar-refractivity contribution in [1.82, 2.24) is 14.6 Å². The summed E-state index contributed by atoms with van der Waals surface area (Å²) in [6.07, 6.45) is -4.84. The standard InChI is InChI=1S/C20H19F3N6O/c1-10-8-12(9-15(25-10)20(21,22)23)16-17(13-6-4-5-7-14(13)30-3)27-19(24)29-18(16)26-11(2)28-29/h4-9,11,24,26,28H,1-3H3. The van der Waals surface area contributed by atoms with Crippen LogP contribution in [0, 0.1) is 12.3 Å². The number of anilines is 1. The molecule has 1 atom stereocenters. The minimum atomic E-state index is -4.59. The maximum atomic E-state index is 13.4. The van der Waals surface area contributed by atoms with E-state index in [4.69, 9.17) is 10.1 Å². The van der Waals surface area contributed by atoms with Gasteiger partial charge in [0.05, 0.1) is 18.4 Å². The number of alkyl halides is 3. The van der Waals surface area contributed by atoms with Gasteiger partial charge in [-0.3, -0.25) is 10.8 Å². The van der Waals surface area contributed by atoms with Gasteiger partial charge in [-0.1, -0.05) is 12.1 Å². The summed E-state index contributed by atoms with van der Waals surface area (Å²) in [6, 6.07) is 9.62. The summed E-state index contributed by atoms with van der Waals surface area (Å²) in [4.78, 5) is 8.04. The highest BCUT2D eigenvalue weighted by Crippen LogP contribution is 2.41. The van der Waals surface area contributed by atoms with Crippen molar-refractivity contribution in [2.75, 3.05) is 17.9 Å². The first kappa shape index (κ1) is 19.7. The van der Waals surface area contributed by atoms with Crippen LogP contribution < -0.4 is 21.1 Å². The first-order valence-electron chi connectivity index (χ1n) is 9.13. The summed E-state index contributed by atoms with van der Waals surface area (Å²) in [7, 11) is 1.50. The molecule has 3 N–H and O–H groups in total. The summed E-state index contributed by atoms with van der Waals surface area (Å²) < 4.78 is 47.2. The average Bonchev–Trinajstić information content (AvgIpc) is 3.08. The third-order valence-corrected chi connectivity index (χ3v) is 4.70. The number of ether oxygens (including phenoxy) is 1. The van der Waals surface area contributed by atoms with E-state index in [1.807, 2.05) is 6.92 Å². The molecule has 0 saturated carbocycles. The molecule has 1 aliphatic rings. The molecule has 30 heavy (non-hydrogen) atoms. The number of aryl methyl sites for hydroxylation is 1. The van der Waals surface area contributed by atoms with Crippen LogP contribution in [0.5, 0.6) is 5.75 Å². The van der Waals surface area contributed by atoms with E-state index in [0.717, 1.165) is 6.07 Å². The quantitative estimate of drug-likeness (QED) is 0.606. The molecule has 1 aliphatic heterocycles. The van der Waals surface area contributed by atoms with Gasteiger partial charge < -0.3 is 10.1 Å². The normalized spacial score (nSPS) is 15.3. The van der Waals surface area contributed by atoms with Crippen molar-refractivity contribution < 1.29 is 17.9 Å². The number of fused-ring (bicyclic) bond motifs is 1. The molecule has 0 aliphatic carbocycles. The van der Waals surface area contributed by atoms with E-state index in [9.17, 15) is 13.2 Å². The zero-order chi connectivity index (χ0) is 21.6. The number of halogens is 3. The molecule has 0 radical (unpaired) electrons. The molecule has 0 spiro atoms. The zero-order valence-electron chi connectivity index (χ0n) is 16.4. The molecule has 3 heterocycles. The Morgan fingerprint density at radius 1 is 1.17 bits per heavy atom. The van der Waals surface area contributed by atoms with E-state index in [1.54, 1.807) is 30.3 Å². The number of nitrogens with zero attached hydrogens (tertiary/aromatic N) is 3. The van der Waals surface area contributed by atoms with Gasteiger partial charge in [-0.2, -0.15) is 13.2 Å². The monoisotopic (exact) mass is 416 g/mol. The second-order valence-corrected chi connectivity index (χ2v) is 6.92. The lowest BCUT2D eigenvalue weighted by molar-refractivity contribution is -0.141. The Bertz CT molecular complexity index is 1190. The number of pyridine rings is 1. The molecule has 156 valence electrons. The maximum Gasteiger partial charge on any atom is 0.433 e. The first-order valence-corrected chi connectivity index (χ1v) is 9.13. The fourth-order valence-corrected chi connectivity index (χ4v) is 3.50. The third kappa shape index (κ3) is 3.34. The van der Waals surface area contributed by atoms with E-state index >= 15 is 0 Å². The van der Waals surface area contributed by atoms with Gasteiger partial charge in [-0.25, -0.2) is 14.6 Å². The van der Waals surface area contributed by atoms with Crippen molar-refractivity contribution in [2.45, 2.75) is 26.2 Å². The smallest absolute Gasteiger partial charge is 0.433 e. The van der Waals surface area contributed by atoms with Gasteiger partial charge in [0.15, 0.2) is 0 Å². The molecular formula is C20H19F3N6O. The number of methoxy groups -OCH3 is 1. The number of benzene rings is 1. The summed E-state index contributed by atoms with van der Waals surface area (Å²) in [5.74, 6) is 0.943. The van der Waals surface area contributed by atoms with Gasteiger partial charge in [-0.15, -0.1) is 0 Å². The van der Waals surface area contributed by atoms with Gasteiger partial charge in [0.25, 0.3) is 0 Å². The SMILES string of the molecule is COc1ccccc1-c1nc(=N)n2c(c1-c1cc(C)nc(C(F)(F)F)c1)NC(C)N2. The molecule has 2 aromatic heterocycles. The molecule has 4 rings (SSSR count). The molecule has 10 heteroatoms. The van der Waals surface area contributed by atoms with Crippen LogP contribution in [0.3, 0.4) is 0 Å². The highest BCUT2D eigenvalue weighted by molar-refractivity contribution is 5.90. The van der Waals surface area contributed by atoms with E-state index in [0.29, 0.717) is 28.4 Å². The van der Waals surface area contributed by atoms with E-state index in [-0.39, 0.29) is 23.0 Å². The Hall–Kier alpha value is -3.56. The second-order valence-electron chi connectivity index (χ2n) is 6.92. The largest absolute Gasteiger partial charge is 0.496 e. The summed E-state index contributed by atoms with van der Waals surface area (Å²) in [5, 5.41) is 11.5. The van der Waals surface area contributed by atoms with Crippen LogP contribution in [0.15, 0.2) is 36.4 Å². The number of hydrogen-bond donors (Lipinski definition) is 3. The van der Waals surface area contributed by atoms with Crippen molar-refractivity contribution >= 4 is 5.82 Å². The minimum Gasteiger partial charge on any atom is -0.496 e. The fraction of sp³-hybridized carbons (Fsp3) is 0.250. The predicted molar refractivity (Wildman–Crippen MR) is 105 cm³/mol. The third-order valence-electron chi connectivity index (χ3n) is 4.70. The lowest BCUT2D eigenvalue weighted by atomic mass is 9.98. The Balaban J connectivity index is 2.08. The Labute approximate surface area is 170 Å². The van der Waals surface area contributed by atoms with Crippen LogP contribution in [0.25, 0.3) is 22.4 Å². The lowest BCUT2D eigenvalue weighted by Crippen LogP contribution is -2.30. The lowest BCUT2D eigenvalue weighted by Gasteiger charge is -2.17. The second kappa shape index (κ2) is 7.05. The van der Waals surface area contributed by atoms with Crippen molar-refractivity contribution in [3.8, 4) is 28.1 Å². The van der Waals surface area contributed by atoms with Crippen molar-refractivity contribution in [1.29, 1.82) is 5.41 Å². The molecule has 0 fully saturated rings. The summed E-state index contributed by atoms with van der Waals surface area (Å²) in [5.41, 5.74) is 3.78. The summed E-state index contributed by atoms with van der Waals surface area (Å²) in [6.45, 7) is 3.34. The number of hydrogen-bond acceptors (Lipinski definition) is 6. The van der Waals surface area contributed by atoms with Crippen LogP contribution >= 0.6 is 0 Å². The van der Waals surface area contributed by atoms with Crippen molar-refractivity contribution in [2.24, 2.45) is 0 Å².